The molecule has 0 aromatic heterocycles. The number of esters is 3. The minimum atomic E-state index is -0.797. The molecule has 83 heavy (non-hydrogen) atoms. The lowest BCUT2D eigenvalue weighted by Crippen LogP contribution is -2.30. The molecule has 1 atom stereocenters. The Labute approximate surface area is 515 Å². The second-order valence-electron chi connectivity index (χ2n) is 24.1. The van der Waals surface area contributed by atoms with Crippen molar-refractivity contribution in [3.05, 3.63) is 85.1 Å². The molecule has 480 valence electrons. The maximum atomic E-state index is 12.9. The van der Waals surface area contributed by atoms with Gasteiger partial charge in [0, 0.05) is 19.3 Å². The first kappa shape index (κ1) is 79.6. The Balaban J connectivity index is 4.22. The lowest BCUT2D eigenvalue weighted by atomic mass is 10.0. The average molecular weight is 1160 g/mol. The molecule has 0 aromatic carbocycles. The molecule has 0 N–H and O–H groups in total. The highest BCUT2D eigenvalue weighted by Crippen LogP contribution is 2.18. The van der Waals surface area contributed by atoms with Crippen LogP contribution in [0.2, 0.25) is 0 Å². The van der Waals surface area contributed by atoms with Gasteiger partial charge >= 0.3 is 17.9 Å². The van der Waals surface area contributed by atoms with Crippen LogP contribution in [0, 0.1) is 0 Å². The zero-order valence-electron chi connectivity index (χ0n) is 55.2. The predicted octanol–water partition coefficient (Wildman–Crippen LogP) is 25.0. The summed E-state index contributed by atoms with van der Waals surface area (Å²) in [4.78, 5) is 38.4. The highest BCUT2D eigenvalue weighted by Gasteiger charge is 2.19. The van der Waals surface area contributed by atoms with Crippen LogP contribution in [0.5, 0.6) is 0 Å². The minimum Gasteiger partial charge on any atom is -0.462 e. The Hall–Kier alpha value is -3.41. The third-order valence-electron chi connectivity index (χ3n) is 15.9. The van der Waals surface area contributed by atoms with E-state index < -0.39 is 6.10 Å². The summed E-state index contributed by atoms with van der Waals surface area (Å²) < 4.78 is 16.9. The Kier molecular flexibility index (Phi) is 68.2. The molecule has 0 fully saturated rings. The summed E-state index contributed by atoms with van der Waals surface area (Å²) in [5, 5.41) is 0. The molecule has 0 aromatic rings. The molecule has 0 bridgehead atoms. The molecule has 0 aliphatic carbocycles. The van der Waals surface area contributed by atoms with Gasteiger partial charge in [0.25, 0.3) is 0 Å². The second-order valence-corrected chi connectivity index (χ2v) is 24.1. The van der Waals surface area contributed by atoms with E-state index in [9.17, 15) is 14.4 Å². The van der Waals surface area contributed by atoms with Gasteiger partial charge in [0.15, 0.2) is 6.10 Å². The molecular formula is C77H136O6. The lowest BCUT2D eigenvalue weighted by molar-refractivity contribution is -0.167. The summed E-state index contributed by atoms with van der Waals surface area (Å²) in [5.41, 5.74) is 0. The fourth-order valence-corrected chi connectivity index (χ4v) is 10.5. The van der Waals surface area contributed by atoms with Crippen LogP contribution in [0.1, 0.15) is 367 Å². The highest BCUT2D eigenvalue weighted by atomic mass is 16.6. The van der Waals surface area contributed by atoms with Crippen molar-refractivity contribution in [1.29, 1.82) is 0 Å². The van der Waals surface area contributed by atoms with E-state index in [1.807, 2.05) is 0 Å². The Morgan fingerprint density at radius 1 is 0.253 bits per heavy atom. The number of carbonyl (C=O) groups is 3. The molecule has 1 unspecified atom stereocenters. The fourth-order valence-electron chi connectivity index (χ4n) is 10.5. The van der Waals surface area contributed by atoms with Crippen molar-refractivity contribution in [2.24, 2.45) is 0 Å². The van der Waals surface area contributed by atoms with E-state index >= 15 is 0 Å². The number of hydrogen-bond acceptors (Lipinski definition) is 6. The molecule has 0 heterocycles. The quantitative estimate of drug-likeness (QED) is 0.0261. The van der Waals surface area contributed by atoms with Crippen LogP contribution in [0.25, 0.3) is 0 Å². The smallest absolute Gasteiger partial charge is 0.306 e. The Bertz CT molecular complexity index is 1570. The summed E-state index contributed by atoms with van der Waals surface area (Å²) in [6, 6.07) is 0. The van der Waals surface area contributed by atoms with Crippen LogP contribution in [0.4, 0.5) is 0 Å². The summed E-state index contributed by atoms with van der Waals surface area (Å²) in [6.45, 7) is 6.52. The van der Waals surface area contributed by atoms with Gasteiger partial charge in [-0.25, -0.2) is 0 Å². The summed E-state index contributed by atoms with van der Waals surface area (Å²) >= 11 is 0. The van der Waals surface area contributed by atoms with Crippen molar-refractivity contribution < 1.29 is 28.6 Å². The fraction of sp³-hybridized carbons (Fsp3) is 0.779. The first-order valence-electron chi connectivity index (χ1n) is 36.1. The summed E-state index contributed by atoms with van der Waals surface area (Å²) in [6.07, 6.45) is 94.9. The number of unbranched alkanes of at least 4 members (excludes halogenated alkanes) is 41. The number of carbonyl (C=O) groups excluding carboxylic acids is 3. The monoisotopic (exact) mass is 1160 g/mol. The van der Waals surface area contributed by atoms with Crippen molar-refractivity contribution in [2.75, 3.05) is 13.2 Å². The molecule has 0 saturated carbocycles. The van der Waals surface area contributed by atoms with E-state index in [1.54, 1.807) is 0 Å². The van der Waals surface area contributed by atoms with Crippen LogP contribution in [-0.4, -0.2) is 37.2 Å². The third-order valence-corrected chi connectivity index (χ3v) is 15.9. The number of rotatable bonds is 66. The van der Waals surface area contributed by atoms with Gasteiger partial charge < -0.3 is 14.2 Å². The van der Waals surface area contributed by atoms with Gasteiger partial charge in [0.2, 0.25) is 0 Å². The predicted molar refractivity (Wildman–Crippen MR) is 362 cm³/mol. The Morgan fingerprint density at radius 2 is 0.470 bits per heavy atom. The van der Waals surface area contributed by atoms with Crippen molar-refractivity contribution >= 4 is 17.9 Å². The van der Waals surface area contributed by atoms with E-state index in [-0.39, 0.29) is 31.1 Å². The summed E-state index contributed by atoms with van der Waals surface area (Å²) in [5.74, 6) is -0.916. The lowest BCUT2D eigenvalue weighted by Gasteiger charge is -2.18. The molecule has 6 nitrogen and oxygen atoms in total. The van der Waals surface area contributed by atoms with Gasteiger partial charge in [-0.1, -0.05) is 318 Å². The highest BCUT2D eigenvalue weighted by molar-refractivity contribution is 5.71. The topological polar surface area (TPSA) is 78.9 Å². The molecule has 0 saturated heterocycles. The molecule has 0 radical (unpaired) electrons. The van der Waals surface area contributed by atoms with Crippen LogP contribution in [0.3, 0.4) is 0 Å². The van der Waals surface area contributed by atoms with Crippen molar-refractivity contribution in [3.63, 3.8) is 0 Å². The normalized spacial score (nSPS) is 12.6. The van der Waals surface area contributed by atoms with E-state index in [2.05, 4.69) is 106 Å². The van der Waals surface area contributed by atoms with Crippen molar-refractivity contribution in [2.45, 2.75) is 374 Å². The van der Waals surface area contributed by atoms with E-state index in [4.69, 9.17) is 14.2 Å². The van der Waals surface area contributed by atoms with Crippen LogP contribution in [-0.2, 0) is 28.6 Å². The molecule has 0 aliphatic heterocycles. The van der Waals surface area contributed by atoms with Crippen LogP contribution < -0.4 is 0 Å². The largest absolute Gasteiger partial charge is 0.462 e. The SMILES string of the molecule is CC/C=C\C/C=C\C/C=C\CCCCCC(=O)OCC(COC(=O)CCCCCCCCCCCCCCCCCCCCC/C=C\CCCCCCCCCC)OC(=O)CCCCCCCC/C=C\C/C=C\C/C=C\CCCCCCC. The number of allylic oxidation sites excluding steroid dienone is 14. The zero-order chi connectivity index (χ0) is 59.9. The van der Waals surface area contributed by atoms with Gasteiger partial charge in [0.1, 0.15) is 13.2 Å². The second kappa shape index (κ2) is 71.1. The molecule has 0 spiro atoms. The summed E-state index contributed by atoms with van der Waals surface area (Å²) in [7, 11) is 0. The van der Waals surface area contributed by atoms with Gasteiger partial charge in [0.05, 0.1) is 0 Å². The van der Waals surface area contributed by atoms with E-state index in [0.717, 1.165) is 109 Å². The Morgan fingerprint density at radius 3 is 0.759 bits per heavy atom. The van der Waals surface area contributed by atoms with Gasteiger partial charge in [-0.05, 0) is 116 Å². The zero-order valence-corrected chi connectivity index (χ0v) is 55.2. The van der Waals surface area contributed by atoms with Gasteiger partial charge in [-0.2, -0.15) is 0 Å². The number of ether oxygens (including phenoxy) is 3. The standard InChI is InChI=1S/C77H136O6/c1-4-7-10-13-16-19-22-25-27-29-31-33-34-35-36-37-38-39-40-41-42-44-45-47-49-52-55-58-61-64-67-70-76(79)82-73-74(72-81-75(78)69-66-63-60-57-54-51-24-21-18-15-12-9-6-3)83-77(80)71-68-65-62-59-56-53-50-48-46-43-32-30-28-26-23-20-17-14-11-8-5-2/h9,12,18,21,23,26,29-32,46,48,51,54,74H,4-8,10-11,13-17,19-20,22,24-25,27-28,33-45,47,49-50,52-53,55-73H2,1-3H3/b12-9-,21-18-,26-23-,31-29-,32-30-,48-46-,54-51-. The van der Waals surface area contributed by atoms with E-state index in [1.165, 1.54) is 218 Å². The molecule has 6 heteroatoms. The maximum absolute atomic E-state index is 12.9. The van der Waals surface area contributed by atoms with Crippen molar-refractivity contribution in [1.82, 2.24) is 0 Å². The van der Waals surface area contributed by atoms with E-state index in [0.29, 0.717) is 19.3 Å². The molecular weight excluding hydrogens is 1020 g/mol. The third kappa shape index (κ3) is 69.3. The maximum Gasteiger partial charge on any atom is 0.306 e. The number of hydrogen-bond donors (Lipinski definition) is 0. The molecule has 0 rings (SSSR count). The van der Waals surface area contributed by atoms with Gasteiger partial charge in [-0.15, -0.1) is 0 Å². The first-order valence-corrected chi connectivity index (χ1v) is 36.1. The molecule has 0 aliphatic rings. The average Bonchev–Trinajstić information content (AvgIpc) is 3.49. The molecule has 0 amide bonds. The van der Waals surface area contributed by atoms with Crippen molar-refractivity contribution in [3.8, 4) is 0 Å². The van der Waals surface area contributed by atoms with Crippen LogP contribution in [0.15, 0.2) is 85.1 Å². The first-order chi connectivity index (χ1) is 41.0. The minimum absolute atomic E-state index is 0.0890. The van der Waals surface area contributed by atoms with Gasteiger partial charge in [-0.3, -0.25) is 14.4 Å². The van der Waals surface area contributed by atoms with Crippen LogP contribution >= 0.6 is 0 Å².